The Morgan fingerprint density at radius 1 is 1.11 bits per heavy atom. The summed E-state index contributed by atoms with van der Waals surface area (Å²) in [7, 11) is 0. The molecule has 1 amide bonds. The summed E-state index contributed by atoms with van der Waals surface area (Å²) in [5, 5.41) is 20.7. The maximum atomic E-state index is 12.4. The van der Waals surface area contributed by atoms with Gasteiger partial charge in [-0.15, -0.1) is 0 Å². The van der Waals surface area contributed by atoms with Gasteiger partial charge < -0.3 is 29.2 Å². The van der Waals surface area contributed by atoms with Gasteiger partial charge in [-0.1, -0.05) is 12.1 Å². The predicted octanol–water partition coefficient (Wildman–Crippen LogP) is 2.85. The quantitative estimate of drug-likeness (QED) is 0.605. The van der Waals surface area contributed by atoms with Crippen molar-refractivity contribution in [3.05, 3.63) is 48.0 Å². The number of hydrogen-bond acceptors (Lipinski definition) is 7. The lowest BCUT2D eigenvalue weighted by Gasteiger charge is -2.19. The second kappa shape index (κ2) is 9.82. The minimum Gasteiger partial charge on any atom is -0.491 e. The lowest BCUT2D eigenvalue weighted by molar-refractivity contribution is 0.0992. The second-order valence-electron chi connectivity index (χ2n) is 6.10. The molecule has 0 aliphatic carbocycles. The number of aliphatic hydroxyl groups is 2. The molecule has 8 heteroatoms. The summed E-state index contributed by atoms with van der Waals surface area (Å²) < 4.78 is 21.5. The number of ether oxygens (including phenoxy) is 4. The van der Waals surface area contributed by atoms with Crippen LogP contribution in [0.4, 0.5) is 10.5 Å². The fourth-order valence-corrected chi connectivity index (χ4v) is 2.79. The van der Waals surface area contributed by atoms with Crippen LogP contribution >= 0.6 is 0 Å². The summed E-state index contributed by atoms with van der Waals surface area (Å²) in [6.45, 7) is 0.230. The van der Waals surface area contributed by atoms with Crippen LogP contribution in [0.1, 0.15) is 24.5 Å². The van der Waals surface area contributed by atoms with E-state index in [1.54, 1.807) is 36.4 Å². The largest absolute Gasteiger partial charge is 0.491 e. The minimum absolute atomic E-state index is 0.00958. The number of nitrogens with one attached hydrogen (secondary N) is 1. The summed E-state index contributed by atoms with van der Waals surface area (Å²) >= 11 is 0. The predicted molar refractivity (Wildman–Crippen MR) is 101 cm³/mol. The fourth-order valence-electron chi connectivity index (χ4n) is 2.79. The van der Waals surface area contributed by atoms with E-state index >= 15 is 0 Å². The number of fused-ring (bicyclic) bond motifs is 1. The molecule has 2 aromatic carbocycles. The topological polar surface area (TPSA) is 106 Å². The van der Waals surface area contributed by atoms with E-state index in [1.165, 1.54) is 0 Å². The van der Waals surface area contributed by atoms with Crippen molar-refractivity contribution in [2.75, 3.05) is 31.9 Å². The van der Waals surface area contributed by atoms with Crippen LogP contribution in [0.15, 0.2) is 42.5 Å². The van der Waals surface area contributed by atoms with Crippen molar-refractivity contribution in [2.24, 2.45) is 0 Å². The van der Waals surface area contributed by atoms with E-state index in [0.717, 1.165) is 5.56 Å². The van der Waals surface area contributed by atoms with E-state index in [2.05, 4.69) is 5.32 Å². The molecule has 0 saturated carbocycles. The van der Waals surface area contributed by atoms with Gasteiger partial charge in [0.25, 0.3) is 0 Å². The third-order valence-electron chi connectivity index (χ3n) is 4.08. The number of aliphatic hydroxyl groups excluding tert-OH is 2. The summed E-state index contributed by atoms with van der Waals surface area (Å²) in [5.41, 5.74) is 1.26. The lowest BCUT2D eigenvalue weighted by atomic mass is 10.0. The van der Waals surface area contributed by atoms with Crippen LogP contribution < -0.4 is 19.5 Å². The molecule has 1 heterocycles. The van der Waals surface area contributed by atoms with Crippen LogP contribution in [-0.2, 0) is 4.74 Å². The maximum Gasteiger partial charge on any atom is 0.412 e. The molecule has 1 atom stereocenters. The zero-order valence-corrected chi connectivity index (χ0v) is 15.3. The molecule has 0 bridgehead atoms. The molecule has 0 aromatic heterocycles. The molecule has 8 nitrogen and oxygen atoms in total. The van der Waals surface area contributed by atoms with Crippen molar-refractivity contribution in [2.45, 2.75) is 18.9 Å². The first kappa shape index (κ1) is 19.8. The Morgan fingerprint density at radius 3 is 2.79 bits per heavy atom. The number of rotatable bonds is 9. The fraction of sp³-hybridized carbons (Fsp3) is 0.350. The molecule has 2 aromatic rings. The van der Waals surface area contributed by atoms with Gasteiger partial charge in [0.2, 0.25) is 6.79 Å². The van der Waals surface area contributed by atoms with Crippen molar-refractivity contribution < 1.29 is 34.0 Å². The third-order valence-corrected chi connectivity index (χ3v) is 4.08. The molecule has 0 spiro atoms. The molecular weight excluding hydrogens is 366 g/mol. The van der Waals surface area contributed by atoms with Crippen LogP contribution in [0.5, 0.6) is 17.2 Å². The Morgan fingerprint density at radius 2 is 1.96 bits per heavy atom. The van der Waals surface area contributed by atoms with Crippen LogP contribution in [0.2, 0.25) is 0 Å². The van der Waals surface area contributed by atoms with E-state index in [0.29, 0.717) is 35.8 Å². The average Bonchev–Trinajstić information content (AvgIpc) is 3.17. The summed E-state index contributed by atoms with van der Waals surface area (Å²) in [4.78, 5) is 12.4. The van der Waals surface area contributed by atoms with Gasteiger partial charge in [0.05, 0.1) is 6.61 Å². The van der Waals surface area contributed by atoms with Gasteiger partial charge in [0.15, 0.2) is 11.5 Å². The first-order chi connectivity index (χ1) is 13.7. The van der Waals surface area contributed by atoms with Gasteiger partial charge in [-0.25, -0.2) is 4.79 Å². The third kappa shape index (κ3) is 5.28. The molecule has 28 heavy (non-hydrogen) atoms. The van der Waals surface area contributed by atoms with Crippen molar-refractivity contribution >= 4 is 11.8 Å². The summed E-state index contributed by atoms with van der Waals surface area (Å²) in [5.74, 6) is 1.75. The molecular formula is C20H23NO7. The van der Waals surface area contributed by atoms with Gasteiger partial charge in [0, 0.05) is 18.4 Å². The van der Waals surface area contributed by atoms with Crippen LogP contribution in [0.25, 0.3) is 0 Å². The Hall–Kier alpha value is -2.97. The minimum atomic E-state index is -0.622. The Balaban J connectivity index is 1.67. The lowest BCUT2D eigenvalue weighted by Crippen LogP contribution is -2.18. The van der Waals surface area contributed by atoms with E-state index in [-0.39, 0.29) is 26.6 Å². The number of carbonyl (C=O) groups excluding carboxylic acids is 1. The number of amides is 1. The van der Waals surface area contributed by atoms with Crippen molar-refractivity contribution in [1.29, 1.82) is 0 Å². The first-order valence-corrected chi connectivity index (χ1v) is 9.01. The molecule has 1 aliphatic rings. The first-order valence-electron chi connectivity index (χ1n) is 9.01. The standard InChI is InChI=1S/C20H23NO7/c22-8-2-5-17(14-3-1-4-16(11-14)25-10-9-23)28-20(24)21-15-6-7-18-19(12-15)27-13-26-18/h1,3-4,6-7,11-12,17,22-23H,2,5,8-10,13H2,(H,21,24)/t17-/m1/s1. The molecule has 0 fully saturated rings. The Kier molecular flexibility index (Phi) is 6.94. The Bertz CT molecular complexity index is 796. The number of benzene rings is 2. The van der Waals surface area contributed by atoms with Crippen LogP contribution in [0.3, 0.4) is 0 Å². The molecule has 0 radical (unpaired) electrons. The normalized spacial score (nSPS) is 13.1. The maximum absolute atomic E-state index is 12.4. The monoisotopic (exact) mass is 389 g/mol. The molecule has 150 valence electrons. The van der Waals surface area contributed by atoms with Gasteiger partial charge in [0.1, 0.15) is 18.5 Å². The van der Waals surface area contributed by atoms with Gasteiger partial charge >= 0.3 is 6.09 Å². The Labute approximate surface area is 162 Å². The number of carbonyl (C=O) groups is 1. The van der Waals surface area contributed by atoms with Crippen LogP contribution in [0, 0.1) is 0 Å². The molecule has 1 aliphatic heterocycles. The van der Waals surface area contributed by atoms with E-state index in [4.69, 9.17) is 29.2 Å². The highest BCUT2D eigenvalue weighted by Crippen LogP contribution is 2.34. The zero-order chi connectivity index (χ0) is 19.8. The zero-order valence-electron chi connectivity index (χ0n) is 15.3. The van der Waals surface area contributed by atoms with E-state index in [9.17, 15) is 4.79 Å². The highest BCUT2D eigenvalue weighted by molar-refractivity contribution is 5.85. The SMILES string of the molecule is O=C(Nc1ccc2c(c1)OCO2)O[C@H](CCCO)c1cccc(OCCO)c1. The molecule has 0 unspecified atom stereocenters. The highest BCUT2D eigenvalue weighted by Gasteiger charge is 2.19. The smallest absolute Gasteiger partial charge is 0.412 e. The van der Waals surface area contributed by atoms with E-state index < -0.39 is 12.2 Å². The van der Waals surface area contributed by atoms with Crippen molar-refractivity contribution in [1.82, 2.24) is 0 Å². The molecule has 0 saturated heterocycles. The van der Waals surface area contributed by atoms with Gasteiger partial charge in [-0.2, -0.15) is 0 Å². The highest BCUT2D eigenvalue weighted by atomic mass is 16.7. The number of anilines is 1. The van der Waals surface area contributed by atoms with Gasteiger partial charge in [-0.3, -0.25) is 5.32 Å². The molecule has 3 rings (SSSR count). The summed E-state index contributed by atoms with van der Waals surface area (Å²) in [6.07, 6.45) is -0.250. The van der Waals surface area contributed by atoms with Gasteiger partial charge in [-0.05, 0) is 42.7 Å². The van der Waals surface area contributed by atoms with E-state index in [1.807, 2.05) is 6.07 Å². The average molecular weight is 389 g/mol. The van der Waals surface area contributed by atoms with Crippen LogP contribution in [-0.4, -0.2) is 42.9 Å². The number of hydrogen-bond donors (Lipinski definition) is 3. The summed E-state index contributed by atoms with van der Waals surface area (Å²) in [6, 6.07) is 12.2. The molecule has 3 N–H and O–H groups in total. The van der Waals surface area contributed by atoms with Crippen molar-refractivity contribution in [3.8, 4) is 17.2 Å². The van der Waals surface area contributed by atoms with Crippen molar-refractivity contribution in [3.63, 3.8) is 0 Å². The second-order valence-corrected chi connectivity index (χ2v) is 6.10.